The molecule has 2 aromatic heterocycles. The fourth-order valence-corrected chi connectivity index (χ4v) is 1.77. The van der Waals surface area contributed by atoms with Gasteiger partial charge in [0.15, 0.2) is 0 Å². The Hall–Kier alpha value is -2.17. The second-order valence-electron chi connectivity index (χ2n) is 3.97. The number of H-pyrrole nitrogens is 1. The van der Waals surface area contributed by atoms with Gasteiger partial charge in [-0.05, 0) is 31.5 Å². The van der Waals surface area contributed by atoms with Crippen molar-refractivity contribution < 1.29 is 4.79 Å². The summed E-state index contributed by atoms with van der Waals surface area (Å²) in [6.45, 7) is 3.69. The predicted octanol–water partition coefficient (Wildman–Crippen LogP) is 1.37. The first kappa shape index (κ1) is 11.3. The van der Waals surface area contributed by atoms with Gasteiger partial charge in [-0.3, -0.25) is 14.9 Å². The van der Waals surface area contributed by atoms with E-state index in [1.807, 2.05) is 19.1 Å². The molecular formula is C12H14N4O. The highest BCUT2D eigenvalue weighted by atomic mass is 16.1. The zero-order valence-electron chi connectivity index (χ0n) is 9.77. The molecule has 5 nitrogen and oxygen atoms in total. The number of amides is 1. The van der Waals surface area contributed by atoms with Crippen molar-refractivity contribution in [3.05, 3.63) is 35.8 Å². The standard InChI is InChI=1S/C12H14N4O/c1-7-10(8(2)12(13)17)15-16-11(7)9-3-5-14-6-4-9/h3-6,8H,1-2H3,(H2,13,17)(H,15,16). The molecule has 0 aliphatic carbocycles. The third-order valence-electron chi connectivity index (χ3n) is 2.86. The van der Waals surface area contributed by atoms with E-state index < -0.39 is 0 Å². The molecule has 17 heavy (non-hydrogen) atoms. The summed E-state index contributed by atoms with van der Waals surface area (Å²) in [7, 11) is 0. The summed E-state index contributed by atoms with van der Waals surface area (Å²) in [6, 6.07) is 3.75. The van der Waals surface area contributed by atoms with Gasteiger partial charge < -0.3 is 5.73 Å². The number of primary amides is 1. The number of carbonyl (C=O) groups excluding carboxylic acids is 1. The van der Waals surface area contributed by atoms with E-state index in [-0.39, 0.29) is 11.8 Å². The van der Waals surface area contributed by atoms with Crippen molar-refractivity contribution in [1.29, 1.82) is 0 Å². The molecule has 0 fully saturated rings. The maximum Gasteiger partial charge on any atom is 0.226 e. The Morgan fingerprint density at radius 3 is 2.65 bits per heavy atom. The molecular weight excluding hydrogens is 216 g/mol. The van der Waals surface area contributed by atoms with Gasteiger partial charge in [0.1, 0.15) is 0 Å². The van der Waals surface area contributed by atoms with Crippen molar-refractivity contribution in [2.45, 2.75) is 19.8 Å². The lowest BCUT2D eigenvalue weighted by molar-refractivity contribution is -0.119. The highest BCUT2D eigenvalue weighted by Crippen LogP contribution is 2.26. The molecule has 88 valence electrons. The lowest BCUT2D eigenvalue weighted by Gasteiger charge is -2.05. The minimum Gasteiger partial charge on any atom is -0.369 e. The van der Waals surface area contributed by atoms with Gasteiger partial charge in [0.05, 0.1) is 17.3 Å². The van der Waals surface area contributed by atoms with Crippen molar-refractivity contribution in [2.75, 3.05) is 0 Å². The Morgan fingerprint density at radius 2 is 2.06 bits per heavy atom. The van der Waals surface area contributed by atoms with Gasteiger partial charge in [-0.2, -0.15) is 5.10 Å². The molecule has 0 radical (unpaired) electrons. The van der Waals surface area contributed by atoms with Crippen LogP contribution < -0.4 is 5.73 Å². The highest BCUT2D eigenvalue weighted by Gasteiger charge is 2.19. The van der Waals surface area contributed by atoms with Crippen molar-refractivity contribution in [2.24, 2.45) is 5.73 Å². The molecule has 2 heterocycles. The minimum absolute atomic E-state index is 0.363. The smallest absolute Gasteiger partial charge is 0.226 e. The van der Waals surface area contributed by atoms with E-state index in [1.54, 1.807) is 19.3 Å². The van der Waals surface area contributed by atoms with Crippen LogP contribution >= 0.6 is 0 Å². The number of hydrogen-bond acceptors (Lipinski definition) is 3. The lowest BCUT2D eigenvalue weighted by Crippen LogP contribution is -2.19. The molecule has 1 unspecified atom stereocenters. The summed E-state index contributed by atoms with van der Waals surface area (Å²) < 4.78 is 0. The highest BCUT2D eigenvalue weighted by molar-refractivity contribution is 5.82. The van der Waals surface area contributed by atoms with Crippen LogP contribution in [0.2, 0.25) is 0 Å². The van der Waals surface area contributed by atoms with Crippen LogP contribution in [-0.2, 0) is 4.79 Å². The van der Waals surface area contributed by atoms with Gasteiger partial charge >= 0.3 is 0 Å². The number of nitrogens with zero attached hydrogens (tertiary/aromatic N) is 2. The van der Waals surface area contributed by atoms with Crippen LogP contribution in [0.4, 0.5) is 0 Å². The number of nitrogens with one attached hydrogen (secondary N) is 1. The van der Waals surface area contributed by atoms with E-state index in [0.29, 0.717) is 0 Å². The van der Waals surface area contributed by atoms with E-state index in [9.17, 15) is 4.79 Å². The second-order valence-corrected chi connectivity index (χ2v) is 3.97. The number of pyridine rings is 1. The Morgan fingerprint density at radius 1 is 1.41 bits per heavy atom. The molecule has 1 atom stereocenters. The Labute approximate surface area is 99.1 Å². The van der Waals surface area contributed by atoms with Gasteiger partial charge in [-0.1, -0.05) is 0 Å². The van der Waals surface area contributed by atoms with Gasteiger partial charge in [-0.15, -0.1) is 0 Å². The average Bonchev–Trinajstić information content (AvgIpc) is 2.71. The zero-order chi connectivity index (χ0) is 12.4. The first-order chi connectivity index (χ1) is 8.11. The summed E-state index contributed by atoms with van der Waals surface area (Å²) >= 11 is 0. The van der Waals surface area contributed by atoms with Crippen LogP contribution in [0.3, 0.4) is 0 Å². The Bertz CT molecular complexity index is 533. The van der Waals surface area contributed by atoms with Crippen molar-refractivity contribution in [3.63, 3.8) is 0 Å². The van der Waals surface area contributed by atoms with Gasteiger partial charge in [-0.25, -0.2) is 0 Å². The largest absolute Gasteiger partial charge is 0.369 e. The fraction of sp³-hybridized carbons (Fsp3) is 0.250. The summed E-state index contributed by atoms with van der Waals surface area (Å²) in [5.41, 5.74) is 8.80. The molecule has 0 aliphatic rings. The minimum atomic E-state index is -0.363. The number of nitrogens with two attached hydrogens (primary N) is 1. The van der Waals surface area contributed by atoms with E-state index in [4.69, 9.17) is 5.73 Å². The van der Waals surface area contributed by atoms with Gasteiger partial charge in [0.25, 0.3) is 0 Å². The molecule has 0 saturated carbocycles. The number of hydrogen-bond donors (Lipinski definition) is 2. The van der Waals surface area contributed by atoms with E-state index in [0.717, 1.165) is 22.5 Å². The van der Waals surface area contributed by atoms with E-state index >= 15 is 0 Å². The Kier molecular flexibility index (Phi) is 2.91. The quantitative estimate of drug-likeness (QED) is 0.835. The van der Waals surface area contributed by atoms with Crippen LogP contribution in [0, 0.1) is 6.92 Å². The van der Waals surface area contributed by atoms with Crippen LogP contribution in [-0.4, -0.2) is 21.1 Å². The summed E-state index contributed by atoms with van der Waals surface area (Å²) in [5, 5.41) is 7.11. The topological polar surface area (TPSA) is 84.7 Å². The Balaban J connectivity index is 2.43. The number of carbonyl (C=O) groups is 1. The first-order valence-corrected chi connectivity index (χ1v) is 5.36. The normalized spacial score (nSPS) is 12.4. The molecule has 2 rings (SSSR count). The molecule has 0 spiro atoms. The summed E-state index contributed by atoms with van der Waals surface area (Å²) in [5.74, 6) is -0.726. The summed E-state index contributed by atoms with van der Waals surface area (Å²) in [6.07, 6.45) is 3.42. The van der Waals surface area contributed by atoms with Gasteiger partial charge in [0.2, 0.25) is 5.91 Å². The third-order valence-corrected chi connectivity index (χ3v) is 2.86. The molecule has 0 bridgehead atoms. The van der Waals surface area contributed by atoms with E-state index in [2.05, 4.69) is 15.2 Å². The van der Waals surface area contributed by atoms with Crippen LogP contribution in [0.15, 0.2) is 24.5 Å². The number of aromatic amines is 1. The molecule has 3 N–H and O–H groups in total. The molecule has 5 heteroatoms. The van der Waals surface area contributed by atoms with Gasteiger partial charge in [0, 0.05) is 18.0 Å². The lowest BCUT2D eigenvalue weighted by atomic mass is 10.0. The maximum absolute atomic E-state index is 11.2. The molecule has 0 aromatic carbocycles. The average molecular weight is 230 g/mol. The second kappa shape index (κ2) is 4.37. The fourth-order valence-electron chi connectivity index (χ4n) is 1.77. The predicted molar refractivity (Wildman–Crippen MR) is 64.2 cm³/mol. The molecule has 1 amide bonds. The third kappa shape index (κ3) is 2.04. The van der Waals surface area contributed by atoms with Crippen LogP contribution in [0.5, 0.6) is 0 Å². The molecule has 2 aromatic rings. The van der Waals surface area contributed by atoms with Crippen molar-refractivity contribution in [3.8, 4) is 11.3 Å². The van der Waals surface area contributed by atoms with E-state index in [1.165, 1.54) is 0 Å². The molecule has 0 saturated heterocycles. The van der Waals surface area contributed by atoms with Crippen molar-refractivity contribution >= 4 is 5.91 Å². The zero-order valence-corrected chi connectivity index (χ0v) is 9.77. The van der Waals surface area contributed by atoms with Crippen LogP contribution in [0.1, 0.15) is 24.1 Å². The molecule has 0 aliphatic heterocycles. The first-order valence-electron chi connectivity index (χ1n) is 5.36. The maximum atomic E-state index is 11.2. The summed E-state index contributed by atoms with van der Waals surface area (Å²) in [4.78, 5) is 15.1. The number of rotatable bonds is 3. The number of aromatic nitrogens is 3. The van der Waals surface area contributed by atoms with Crippen molar-refractivity contribution in [1.82, 2.24) is 15.2 Å². The van der Waals surface area contributed by atoms with Crippen LogP contribution in [0.25, 0.3) is 11.3 Å². The SMILES string of the molecule is Cc1c(-c2ccncc2)n[nH]c1C(C)C(N)=O. The monoisotopic (exact) mass is 230 g/mol.